The molecule has 1 aliphatic heterocycles. The lowest BCUT2D eigenvalue weighted by molar-refractivity contribution is 0.271. The summed E-state index contributed by atoms with van der Waals surface area (Å²) in [5.41, 5.74) is 1.46. The third-order valence-corrected chi connectivity index (χ3v) is 6.21. The Morgan fingerprint density at radius 3 is 2.96 bits per heavy atom. The number of thioether (sulfide) groups is 1. The van der Waals surface area contributed by atoms with E-state index in [0.717, 1.165) is 24.6 Å². The zero-order valence-corrected chi connectivity index (χ0v) is 15.7. The summed E-state index contributed by atoms with van der Waals surface area (Å²) in [5.74, 6) is 3.24. The Morgan fingerprint density at radius 1 is 1.38 bits per heavy atom. The van der Waals surface area contributed by atoms with Crippen LogP contribution in [0.4, 0.5) is 5.95 Å². The van der Waals surface area contributed by atoms with Gasteiger partial charge in [0.1, 0.15) is 6.61 Å². The summed E-state index contributed by atoms with van der Waals surface area (Å²) >= 11 is 3.80. The molecule has 1 saturated heterocycles. The van der Waals surface area contributed by atoms with E-state index in [-0.39, 0.29) is 6.61 Å². The molecule has 1 fully saturated rings. The monoisotopic (exact) mass is 367 g/mol. The zero-order valence-electron chi connectivity index (χ0n) is 14.1. The van der Waals surface area contributed by atoms with Gasteiger partial charge in [0.05, 0.1) is 0 Å². The lowest BCUT2D eigenvalue weighted by Crippen LogP contribution is -2.17. The van der Waals surface area contributed by atoms with Crippen molar-refractivity contribution in [3.05, 3.63) is 27.7 Å². The Morgan fingerprint density at radius 2 is 2.21 bits per heavy atom. The fourth-order valence-electron chi connectivity index (χ4n) is 2.85. The number of aliphatic hydroxyl groups excluding tert-OH is 1. The van der Waals surface area contributed by atoms with Gasteiger partial charge in [0.25, 0.3) is 0 Å². The van der Waals surface area contributed by atoms with Crippen molar-refractivity contribution in [2.24, 2.45) is 7.05 Å². The van der Waals surface area contributed by atoms with Crippen LogP contribution in [0.25, 0.3) is 0 Å². The predicted molar refractivity (Wildman–Crippen MR) is 100 cm³/mol. The van der Waals surface area contributed by atoms with Crippen molar-refractivity contribution >= 4 is 29.0 Å². The average molecular weight is 368 g/mol. The molecular weight excluding hydrogens is 342 g/mol. The van der Waals surface area contributed by atoms with Crippen LogP contribution in [-0.2, 0) is 26.0 Å². The van der Waals surface area contributed by atoms with Crippen LogP contribution in [0.3, 0.4) is 0 Å². The van der Waals surface area contributed by atoms with Crippen LogP contribution in [-0.4, -0.2) is 50.2 Å². The summed E-state index contributed by atoms with van der Waals surface area (Å²) in [6, 6.07) is 2.36. The molecule has 3 heterocycles. The third kappa shape index (κ3) is 4.95. The fourth-order valence-corrected chi connectivity index (χ4v) is 4.71. The summed E-state index contributed by atoms with van der Waals surface area (Å²) in [5, 5.41) is 18.7. The first-order chi connectivity index (χ1) is 11.7. The van der Waals surface area contributed by atoms with Crippen molar-refractivity contribution in [2.45, 2.75) is 31.7 Å². The van der Waals surface area contributed by atoms with E-state index in [4.69, 9.17) is 5.11 Å². The quantitative estimate of drug-likeness (QED) is 0.663. The minimum absolute atomic E-state index is 0.123. The third-order valence-electron chi connectivity index (χ3n) is 4.04. The Balaban J connectivity index is 1.34. The molecule has 0 aliphatic carbocycles. The van der Waals surface area contributed by atoms with Crippen molar-refractivity contribution in [1.29, 1.82) is 0 Å². The van der Waals surface area contributed by atoms with Crippen molar-refractivity contribution in [3.63, 3.8) is 0 Å². The first-order valence-corrected chi connectivity index (χ1v) is 10.4. The lowest BCUT2D eigenvalue weighted by Gasteiger charge is -2.12. The zero-order chi connectivity index (χ0) is 16.8. The molecule has 0 saturated carbocycles. The van der Waals surface area contributed by atoms with Gasteiger partial charge in [-0.3, -0.25) is 4.90 Å². The van der Waals surface area contributed by atoms with Crippen LogP contribution in [0.15, 0.2) is 11.4 Å². The SMILES string of the molecule is Cn1nc(CO)nc1NCCSCc1cc(CN2CCCC2)cs1. The first-order valence-electron chi connectivity index (χ1n) is 8.35. The molecule has 0 unspecified atom stereocenters. The topological polar surface area (TPSA) is 66.2 Å². The molecule has 0 atom stereocenters. The normalized spacial score (nSPS) is 15.2. The highest BCUT2D eigenvalue weighted by Crippen LogP contribution is 2.22. The largest absolute Gasteiger partial charge is 0.388 e. The van der Waals surface area contributed by atoms with E-state index in [1.165, 1.54) is 36.4 Å². The molecule has 0 amide bonds. The number of thiophene rings is 1. The Hall–Kier alpha value is -1.09. The van der Waals surface area contributed by atoms with Gasteiger partial charge in [-0.05, 0) is 42.9 Å². The highest BCUT2D eigenvalue weighted by Gasteiger charge is 2.12. The lowest BCUT2D eigenvalue weighted by atomic mass is 10.3. The number of anilines is 1. The number of aliphatic hydroxyl groups is 1. The van der Waals surface area contributed by atoms with E-state index in [1.807, 2.05) is 30.1 Å². The summed E-state index contributed by atoms with van der Waals surface area (Å²) in [6.45, 7) is 4.34. The van der Waals surface area contributed by atoms with Gasteiger partial charge in [0, 0.05) is 36.5 Å². The first kappa shape index (κ1) is 17.7. The summed E-state index contributed by atoms with van der Waals surface area (Å²) < 4.78 is 1.67. The van der Waals surface area contributed by atoms with Gasteiger partial charge in [0.15, 0.2) is 5.82 Å². The Kier molecular flexibility index (Phi) is 6.53. The maximum atomic E-state index is 9.03. The van der Waals surface area contributed by atoms with Crippen LogP contribution in [0.5, 0.6) is 0 Å². The van der Waals surface area contributed by atoms with Crippen molar-refractivity contribution in [2.75, 3.05) is 30.7 Å². The number of nitrogens with one attached hydrogen (secondary N) is 1. The van der Waals surface area contributed by atoms with Gasteiger partial charge in [-0.1, -0.05) is 0 Å². The minimum Gasteiger partial charge on any atom is -0.388 e. The van der Waals surface area contributed by atoms with E-state index < -0.39 is 0 Å². The van der Waals surface area contributed by atoms with Gasteiger partial charge in [-0.2, -0.15) is 21.8 Å². The maximum absolute atomic E-state index is 9.03. The molecule has 0 aromatic carbocycles. The molecule has 1 aliphatic rings. The van der Waals surface area contributed by atoms with Crippen molar-refractivity contribution in [1.82, 2.24) is 19.7 Å². The molecule has 0 spiro atoms. The molecule has 8 heteroatoms. The van der Waals surface area contributed by atoms with Crippen molar-refractivity contribution < 1.29 is 5.11 Å². The summed E-state index contributed by atoms with van der Waals surface area (Å²) in [4.78, 5) is 8.22. The molecule has 0 radical (unpaired) electrons. The molecule has 24 heavy (non-hydrogen) atoms. The summed E-state index contributed by atoms with van der Waals surface area (Å²) in [7, 11) is 1.83. The second kappa shape index (κ2) is 8.84. The molecule has 6 nitrogen and oxygen atoms in total. The average Bonchev–Trinajstić information content (AvgIpc) is 3.30. The molecule has 2 N–H and O–H groups in total. The minimum atomic E-state index is -0.123. The highest BCUT2D eigenvalue weighted by atomic mass is 32.2. The number of aryl methyl sites for hydroxylation is 1. The van der Waals surface area contributed by atoms with Crippen LogP contribution in [0, 0.1) is 0 Å². The van der Waals surface area contributed by atoms with Gasteiger partial charge in [-0.25, -0.2) is 4.68 Å². The van der Waals surface area contributed by atoms with Crippen LogP contribution in [0.2, 0.25) is 0 Å². The van der Waals surface area contributed by atoms with Crippen LogP contribution in [0.1, 0.15) is 29.1 Å². The number of rotatable bonds is 9. The molecular formula is C16H25N5OS2. The molecule has 0 bridgehead atoms. The number of nitrogens with zero attached hydrogens (tertiary/aromatic N) is 4. The van der Waals surface area contributed by atoms with Crippen LogP contribution >= 0.6 is 23.1 Å². The number of likely N-dealkylation sites (tertiary alicyclic amines) is 1. The van der Waals surface area contributed by atoms with Gasteiger partial charge >= 0.3 is 0 Å². The van der Waals surface area contributed by atoms with Gasteiger partial charge in [0.2, 0.25) is 5.95 Å². The van der Waals surface area contributed by atoms with E-state index >= 15 is 0 Å². The second-order valence-electron chi connectivity index (χ2n) is 6.02. The van der Waals surface area contributed by atoms with Gasteiger partial charge < -0.3 is 10.4 Å². The fraction of sp³-hybridized carbons (Fsp3) is 0.625. The molecule has 2 aromatic heterocycles. The summed E-state index contributed by atoms with van der Waals surface area (Å²) in [6.07, 6.45) is 2.70. The van der Waals surface area contributed by atoms with E-state index in [2.05, 4.69) is 31.7 Å². The standard InChI is InChI=1S/C16H25N5OS2/c1-20-16(18-15(10-22)19-20)17-4-7-23-12-14-8-13(11-24-14)9-21-5-2-3-6-21/h8,11,22H,2-7,9-10,12H2,1H3,(H,17,18,19). The second-order valence-corrected chi connectivity index (χ2v) is 8.12. The van der Waals surface area contributed by atoms with E-state index in [9.17, 15) is 0 Å². The highest BCUT2D eigenvalue weighted by molar-refractivity contribution is 7.98. The predicted octanol–water partition coefficient (Wildman–Crippen LogP) is 2.31. The van der Waals surface area contributed by atoms with E-state index in [1.54, 1.807) is 4.68 Å². The molecule has 3 rings (SSSR count). The molecule has 2 aromatic rings. The van der Waals surface area contributed by atoms with Crippen molar-refractivity contribution in [3.8, 4) is 0 Å². The number of hydrogen-bond donors (Lipinski definition) is 2. The smallest absolute Gasteiger partial charge is 0.221 e. The van der Waals surface area contributed by atoms with Crippen LogP contribution < -0.4 is 5.32 Å². The Labute approximate surface area is 151 Å². The van der Waals surface area contributed by atoms with Gasteiger partial charge in [-0.15, -0.1) is 11.3 Å². The number of hydrogen-bond acceptors (Lipinski definition) is 7. The van der Waals surface area contributed by atoms with E-state index in [0.29, 0.717) is 11.8 Å². The Bertz CT molecular complexity index is 636. The number of aromatic nitrogens is 3. The molecule has 132 valence electrons. The maximum Gasteiger partial charge on any atom is 0.221 e.